The minimum Gasteiger partial charge on any atom is -0.373 e. The van der Waals surface area contributed by atoms with Crippen LogP contribution >= 0.6 is 0 Å². The fourth-order valence-corrected chi connectivity index (χ4v) is 5.19. The molecule has 1 aliphatic carbocycles. The van der Waals surface area contributed by atoms with Gasteiger partial charge in [0.05, 0.1) is 13.2 Å². The lowest BCUT2D eigenvalue weighted by Gasteiger charge is -2.29. The highest BCUT2D eigenvalue weighted by molar-refractivity contribution is 5.73. The molecule has 3 aromatic carbocycles. The van der Waals surface area contributed by atoms with Crippen LogP contribution < -0.4 is 0 Å². The second-order valence-electron chi connectivity index (χ2n) is 9.78. The summed E-state index contributed by atoms with van der Waals surface area (Å²) in [4.78, 5) is 0. The number of allylic oxidation sites excluding steroid dienone is 3. The summed E-state index contributed by atoms with van der Waals surface area (Å²) in [6, 6.07) is 26.7. The Hall–Kier alpha value is -2.90. The molecule has 3 aromatic rings. The first kappa shape index (κ1) is 25.2. The Morgan fingerprint density at radius 2 is 1.51 bits per heavy atom. The second kappa shape index (κ2) is 13.3. The van der Waals surface area contributed by atoms with Crippen LogP contribution in [0.5, 0.6) is 0 Å². The van der Waals surface area contributed by atoms with Gasteiger partial charge in [-0.3, -0.25) is 0 Å². The molecule has 0 atom stereocenters. The summed E-state index contributed by atoms with van der Waals surface area (Å²) in [5.74, 6) is 1.36. The van der Waals surface area contributed by atoms with Crippen molar-refractivity contribution in [2.45, 2.75) is 64.9 Å². The maximum Gasteiger partial charge on any atom is 0.0721 e. The molecular formula is C34H40O. The van der Waals surface area contributed by atoms with Gasteiger partial charge in [0.15, 0.2) is 0 Å². The molecule has 1 saturated carbocycles. The quantitative estimate of drug-likeness (QED) is 0.214. The molecule has 0 heterocycles. The summed E-state index contributed by atoms with van der Waals surface area (Å²) >= 11 is 0. The molecule has 182 valence electrons. The Balaban J connectivity index is 1.56. The zero-order valence-electron chi connectivity index (χ0n) is 21.5. The first-order valence-corrected chi connectivity index (χ1v) is 13.4. The molecule has 1 fully saturated rings. The zero-order chi connectivity index (χ0) is 24.3. The van der Waals surface area contributed by atoms with Crippen molar-refractivity contribution in [3.05, 3.63) is 108 Å². The number of hydrogen-bond acceptors (Lipinski definition) is 1. The summed E-state index contributed by atoms with van der Waals surface area (Å²) in [5, 5.41) is 0. The van der Waals surface area contributed by atoms with Crippen molar-refractivity contribution in [2.75, 3.05) is 6.61 Å². The third-order valence-corrected chi connectivity index (χ3v) is 7.21. The van der Waals surface area contributed by atoms with E-state index in [2.05, 4.69) is 97.9 Å². The molecule has 0 aliphatic heterocycles. The average molecular weight is 465 g/mol. The van der Waals surface area contributed by atoms with Crippen molar-refractivity contribution < 1.29 is 4.74 Å². The molecule has 0 saturated heterocycles. The lowest BCUT2D eigenvalue weighted by molar-refractivity contribution is 0.148. The van der Waals surface area contributed by atoms with Gasteiger partial charge in [-0.25, -0.2) is 0 Å². The Kier molecular flexibility index (Phi) is 9.55. The molecule has 0 radical (unpaired) electrons. The van der Waals surface area contributed by atoms with Crippen molar-refractivity contribution in [3.63, 3.8) is 0 Å². The summed E-state index contributed by atoms with van der Waals surface area (Å²) in [5.41, 5.74) is 8.00. The lowest BCUT2D eigenvalue weighted by Crippen LogP contribution is -2.13. The number of hydrogen-bond donors (Lipinski definition) is 0. The Labute approximate surface area is 212 Å². The molecule has 0 N–H and O–H groups in total. The van der Waals surface area contributed by atoms with E-state index in [4.69, 9.17) is 4.74 Å². The molecule has 4 rings (SSSR count). The molecule has 1 heteroatoms. The Morgan fingerprint density at radius 1 is 0.800 bits per heavy atom. The molecule has 0 bridgehead atoms. The van der Waals surface area contributed by atoms with Crippen LogP contribution in [0.2, 0.25) is 0 Å². The lowest BCUT2D eigenvalue weighted by atomic mass is 9.76. The van der Waals surface area contributed by atoms with Gasteiger partial charge in [-0.15, -0.1) is 0 Å². The van der Waals surface area contributed by atoms with Crippen molar-refractivity contribution >= 4 is 0 Å². The van der Waals surface area contributed by atoms with Gasteiger partial charge in [-0.2, -0.15) is 0 Å². The van der Waals surface area contributed by atoms with Crippen LogP contribution in [0.4, 0.5) is 0 Å². The average Bonchev–Trinajstić information content (AvgIpc) is 2.92. The molecule has 0 aromatic heterocycles. The van der Waals surface area contributed by atoms with Gasteiger partial charge in [0.25, 0.3) is 0 Å². The van der Waals surface area contributed by atoms with E-state index >= 15 is 0 Å². The van der Waals surface area contributed by atoms with Crippen molar-refractivity contribution in [1.29, 1.82) is 0 Å². The van der Waals surface area contributed by atoms with Crippen LogP contribution in [0.15, 0.2) is 97.1 Å². The smallest absolute Gasteiger partial charge is 0.0721 e. The fourth-order valence-electron chi connectivity index (χ4n) is 5.19. The molecule has 1 aliphatic rings. The van der Waals surface area contributed by atoms with Gasteiger partial charge in [0.2, 0.25) is 0 Å². The molecular weight excluding hydrogens is 424 g/mol. The maximum atomic E-state index is 5.89. The highest BCUT2D eigenvalue weighted by Gasteiger charge is 2.23. The predicted molar refractivity (Wildman–Crippen MR) is 151 cm³/mol. The molecule has 0 spiro atoms. The second-order valence-corrected chi connectivity index (χ2v) is 9.78. The van der Waals surface area contributed by atoms with Gasteiger partial charge in [-0.1, -0.05) is 110 Å². The summed E-state index contributed by atoms with van der Waals surface area (Å²) in [6.45, 7) is 5.63. The van der Waals surface area contributed by atoms with E-state index in [-0.39, 0.29) is 0 Å². The van der Waals surface area contributed by atoms with Crippen molar-refractivity contribution in [3.8, 4) is 22.3 Å². The first-order chi connectivity index (χ1) is 17.3. The molecule has 0 amide bonds. The van der Waals surface area contributed by atoms with Crippen molar-refractivity contribution in [2.24, 2.45) is 5.92 Å². The van der Waals surface area contributed by atoms with E-state index in [1.165, 1.54) is 71.9 Å². The first-order valence-electron chi connectivity index (χ1n) is 13.4. The Morgan fingerprint density at radius 3 is 2.23 bits per heavy atom. The summed E-state index contributed by atoms with van der Waals surface area (Å²) < 4.78 is 5.89. The van der Waals surface area contributed by atoms with Crippen LogP contribution in [0.3, 0.4) is 0 Å². The van der Waals surface area contributed by atoms with Gasteiger partial charge in [-0.05, 0) is 84.2 Å². The highest BCUT2D eigenvalue weighted by Crippen LogP contribution is 2.41. The molecule has 1 nitrogen and oxygen atoms in total. The van der Waals surface area contributed by atoms with Crippen LogP contribution in [0.1, 0.15) is 69.4 Å². The largest absolute Gasteiger partial charge is 0.373 e. The minimum absolute atomic E-state index is 0.616. The van der Waals surface area contributed by atoms with Crippen LogP contribution in [-0.2, 0) is 11.3 Å². The molecule has 35 heavy (non-hydrogen) atoms. The van der Waals surface area contributed by atoms with Gasteiger partial charge in [0, 0.05) is 0 Å². The van der Waals surface area contributed by atoms with E-state index in [0.717, 1.165) is 5.92 Å². The van der Waals surface area contributed by atoms with E-state index in [1.807, 2.05) is 13.0 Å². The normalized spacial score (nSPS) is 18.5. The number of rotatable bonds is 10. The van der Waals surface area contributed by atoms with E-state index in [1.54, 1.807) is 0 Å². The fraction of sp³-hybridized carbons (Fsp3) is 0.353. The number of unbranched alkanes of at least 4 members (excludes halogenated alkanes) is 1. The Bertz CT molecular complexity index is 1080. The summed E-state index contributed by atoms with van der Waals surface area (Å²) in [6.07, 6.45) is 16.5. The van der Waals surface area contributed by atoms with Crippen molar-refractivity contribution in [1.82, 2.24) is 0 Å². The van der Waals surface area contributed by atoms with E-state index in [9.17, 15) is 0 Å². The standard InChI is InChI=1S/C34H40O/c1-3-5-8-11-27-14-17-32(18-15-27)34-25-28(26-35-24-6-4-2)16-23-33(34)31-21-19-30(20-22-31)29-12-9-7-10-13-29/h4,6-13,16,19-23,25,27,32H,3,5,14-15,17-18,24,26H2,1-2H3/b6-4+,11-8+. The third kappa shape index (κ3) is 7.05. The third-order valence-electron chi connectivity index (χ3n) is 7.21. The van der Waals surface area contributed by atoms with Crippen LogP contribution in [0, 0.1) is 5.92 Å². The van der Waals surface area contributed by atoms with Crippen LogP contribution in [0.25, 0.3) is 22.3 Å². The number of ether oxygens (including phenoxy) is 1. The van der Waals surface area contributed by atoms with Gasteiger partial charge < -0.3 is 4.74 Å². The monoisotopic (exact) mass is 464 g/mol. The van der Waals surface area contributed by atoms with Crippen LogP contribution in [-0.4, -0.2) is 6.61 Å². The zero-order valence-corrected chi connectivity index (χ0v) is 21.5. The highest BCUT2D eigenvalue weighted by atomic mass is 16.5. The summed E-state index contributed by atoms with van der Waals surface area (Å²) in [7, 11) is 0. The SMILES string of the molecule is C/C=C/COCc1ccc(-c2ccc(-c3ccccc3)cc2)c(C2CCC(/C=C/CCC)CC2)c1. The topological polar surface area (TPSA) is 9.23 Å². The van der Waals surface area contributed by atoms with Gasteiger partial charge >= 0.3 is 0 Å². The maximum absolute atomic E-state index is 5.89. The van der Waals surface area contributed by atoms with E-state index in [0.29, 0.717) is 19.1 Å². The van der Waals surface area contributed by atoms with Gasteiger partial charge in [0.1, 0.15) is 0 Å². The predicted octanol–water partition coefficient (Wildman–Crippen LogP) is 9.74. The molecule has 0 unspecified atom stereocenters. The minimum atomic E-state index is 0.616. The van der Waals surface area contributed by atoms with E-state index < -0.39 is 0 Å². The number of benzene rings is 3.